The van der Waals surface area contributed by atoms with Gasteiger partial charge in [-0.25, -0.2) is 8.42 Å². The van der Waals surface area contributed by atoms with Crippen LogP contribution in [0.15, 0.2) is 29.2 Å². The molecule has 1 fully saturated rings. The molecule has 5 nitrogen and oxygen atoms in total. The van der Waals surface area contributed by atoms with Gasteiger partial charge in [-0.05, 0) is 78.6 Å². The van der Waals surface area contributed by atoms with Crippen LogP contribution < -0.4 is 0 Å². The average Bonchev–Trinajstić information content (AvgIpc) is 2.62. The maximum Gasteiger partial charge on any atom is 0.310 e. The Balaban J connectivity index is 1.91. The van der Waals surface area contributed by atoms with Gasteiger partial charge in [0.05, 0.1) is 22.2 Å². The molecule has 1 aromatic carbocycles. The number of ether oxygens (including phenoxy) is 1. The van der Waals surface area contributed by atoms with E-state index < -0.39 is 14.6 Å². The van der Waals surface area contributed by atoms with Crippen molar-refractivity contribution in [2.24, 2.45) is 5.92 Å². The second-order valence-corrected chi connectivity index (χ2v) is 10.7. The van der Waals surface area contributed by atoms with E-state index in [1.807, 2.05) is 26.0 Å². The monoisotopic (exact) mass is 395 g/mol. The van der Waals surface area contributed by atoms with Crippen LogP contribution in [0.1, 0.15) is 52.0 Å². The molecule has 152 valence electrons. The summed E-state index contributed by atoms with van der Waals surface area (Å²) in [5, 5.41) is 0. The number of carbonyl (C=O) groups excluding carboxylic acids is 1. The molecule has 0 aromatic heterocycles. The van der Waals surface area contributed by atoms with Crippen molar-refractivity contribution in [2.45, 2.75) is 63.0 Å². The maximum atomic E-state index is 13.0. The summed E-state index contributed by atoms with van der Waals surface area (Å²) in [4.78, 5) is 14.6. The van der Waals surface area contributed by atoms with Gasteiger partial charge in [0.25, 0.3) is 0 Å². The second kappa shape index (κ2) is 9.20. The van der Waals surface area contributed by atoms with Gasteiger partial charge in [0.1, 0.15) is 0 Å². The molecule has 0 bridgehead atoms. The van der Waals surface area contributed by atoms with Crippen LogP contribution in [0.4, 0.5) is 0 Å². The summed E-state index contributed by atoms with van der Waals surface area (Å²) >= 11 is 0. The van der Waals surface area contributed by atoms with Crippen LogP contribution >= 0.6 is 0 Å². The average molecular weight is 396 g/mol. The number of sulfone groups is 1. The van der Waals surface area contributed by atoms with Crippen LogP contribution in [0.25, 0.3) is 0 Å². The first kappa shape index (κ1) is 21.9. The molecular formula is C21H33NO4S. The van der Waals surface area contributed by atoms with E-state index in [4.69, 9.17) is 4.74 Å². The third-order valence-electron chi connectivity index (χ3n) is 5.44. The zero-order chi connectivity index (χ0) is 20.1. The third-order valence-corrected chi connectivity index (χ3v) is 7.99. The van der Waals surface area contributed by atoms with Gasteiger partial charge >= 0.3 is 5.97 Å². The zero-order valence-corrected chi connectivity index (χ0v) is 17.8. The highest BCUT2D eigenvalue weighted by molar-refractivity contribution is 7.92. The van der Waals surface area contributed by atoms with Gasteiger partial charge in [0, 0.05) is 6.54 Å². The minimum absolute atomic E-state index is 0.0528. The molecule has 0 aliphatic carbocycles. The Morgan fingerprint density at radius 2 is 1.93 bits per heavy atom. The van der Waals surface area contributed by atoms with Crippen molar-refractivity contribution in [3.8, 4) is 0 Å². The standard InChI is InChI=1S/C21H33NO4S/c1-5-26-20(23)18-8-6-14-22(16-18)15-7-13-21(3,4)27(24,25)19-11-9-17(2)10-12-19/h9-12,18H,5-8,13-16H2,1-4H3/t18-/m0/s1. The van der Waals surface area contributed by atoms with E-state index in [0.29, 0.717) is 24.5 Å². The van der Waals surface area contributed by atoms with Gasteiger partial charge < -0.3 is 9.64 Å². The first-order valence-corrected chi connectivity index (χ1v) is 11.4. The number of rotatable bonds is 8. The Hall–Kier alpha value is -1.40. The van der Waals surface area contributed by atoms with E-state index in [1.165, 1.54) is 0 Å². The van der Waals surface area contributed by atoms with Crippen molar-refractivity contribution in [1.29, 1.82) is 0 Å². The maximum absolute atomic E-state index is 13.0. The van der Waals surface area contributed by atoms with Crippen molar-refractivity contribution < 1.29 is 17.9 Å². The quantitative estimate of drug-likeness (QED) is 0.629. The van der Waals surface area contributed by atoms with Crippen molar-refractivity contribution >= 4 is 15.8 Å². The summed E-state index contributed by atoms with van der Waals surface area (Å²) in [5.74, 6) is -0.160. The third kappa shape index (κ3) is 5.55. The lowest BCUT2D eigenvalue weighted by Gasteiger charge is -2.32. The minimum atomic E-state index is -3.38. The van der Waals surface area contributed by atoms with Crippen LogP contribution in [0.5, 0.6) is 0 Å². The van der Waals surface area contributed by atoms with Gasteiger partial charge in [-0.15, -0.1) is 0 Å². The number of carbonyl (C=O) groups is 1. The van der Waals surface area contributed by atoms with Gasteiger partial charge in [0.2, 0.25) is 0 Å². The summed E-state index contributed by atoms with van der Waals surface area (Å²) in [5.41, 5.74) is 1.05. The molecule has 0 unspecified atom stereocenters. The molecule has 0 amide bonds. The normalized spacial score (nSPS) is 19.0. The molecule has 0 radical (unpaired) electrons. The molecule has 1 saturated heterocycles. The lowest BCUT2D eigenvalue weighted by molar-refractivity contribution is -0.149. The Labute approximate surface area is 164 Å². The Morgan fingerprint density at radius 1 is 1.26 bits per heavy atom. The van der Waals surface area contributed by atoms with E-state index >= 15 is 0 Å². The topological polar surface area (TPSA) is 63.7 Å². The highest BCUT2D eigenvalue weighted by atomic mass is 32.2. The summed E-state index contributed by atoms with van der Waals surface area (Å²) in [6.07, 6.45) is 3.23. The fourth-order valence-electron chi connectivity index (χ4n) is 3.61. The van der Waals surface area contributed by atoms with Crippen molar-refractivity contribution in [3.63, 3.8) is 0 Å². The van der Waals surface area contributed by atoms with Gasteiger partial charge in [0.15, 0.2) is 9.84 Å². The van der Waals surface area contributed by atoms with Crippen LogP contribution in [-0.4, -0.2) is 50.3 Å². The number of likely N-dealkylation sites (tertiary alicyclic amines) is 1. The first-order chi connectivity index (χ1) is 12.7. The van der Waals surface area contributed by atoms with Crippen LogP contribution in [-0.2, 0) is 19.4 Å². The van der Waals surface area contributed by atoms with Crippen LogP contribution in [0.2, 0.25) is 0 Å². The number of hydrogen-bond acceptors (Lipinski definition) is 5. The molecule has 0 saturated carbocycles. The number of esters is 1. The molecule has 2 rings (SSSR count). The minimum Gasteiger partial charge on any atom is -0.466 e. The van der Waals surface area contributed by atoms with Gasteiger partial charge in [-0.1, -0.05) is 17.7 Å². The molecule has 0 N–H and O–H groups in total. The summed E-state index contributed by atoms with van der Waals surface area (Å²) in [7, 11) is -3.38. The Bertz CT molecular complexity index is 725. The Kier molecular flexibility index (Phi) is 7.46. The van der Waals surface area contributed by atoms with Gasteiger partial charge in [-0.3, -0.25) is 4.79 Å². The SMILES string of the molecule is CCOC(=O)[C@H]1CCCN(CCCC(C)(C)S(=O)(=O)c2ccc(C)cc2)C1. The molecule has 1 aliphatic heterocycles. The molecule has 1 heterocycles. The molecule has 6 heteroatoms. The van der Waals surface area contributed by atoms with E-state index in [1.54, 1.807) is 26.0 Å². The molecule has 27 heavy (non-hydrogen) atoms. The van der Waals surface area contributed by atoms with E-state index in [-0.39, 0.29) is 11.9 Å². The second-order valence-electron chi connectivity index (χ2n) is 8.07. The van der Waals surface area contributed by atoms with E-state index in [9.17, 15) is 13.2 Å². The largest absolute Gasteiger partial charge is 0.466 e. The first-order valence-electron chi connectivity index (χ1n) is 9.87. The lowest BCUT2D eigenvalue weighted by Crippen LogP contribution is -2.40. The molecular weight excluding hydrogens is 362 g/mol. The number of aryl methyl sites for hydroxylation is 1. The number of hydrogen-bond donors (Lipinski definition) is 0. The molecule has 1 atom stereocenters. The number of nitrogens with zero attached hydrogens (tertiary/aromatic N) is 1. The fraction of sp³-hybridized carbons (Fsp3) is 0.667. The molecule has 0 spiro atoms. The van der Waals surface area contributed by atoms with Crippen molar-refractivity contribution in [2.75, 3.05) is 26.2 Å². The number of benzene rings is 1. The zero-order valence-electron chi connectivity index (χ0n) is 17.0. The Morgan fingerprint density at radius 3 is 2.56 bits per heavy atom. The van der Waals surface area contributed by atoms with E-state index in [0.717, 1.165) is 37.9 Å². The predicted octanol–water partition coefficient (Wildman–Crippen LogP) is 3.60. The van der Waals surface area contributed by atoms with E-state index in [2.05, 4.69) is 4.90 Å². The van der Waals surface area contributed by atoms with Gasteiger partial charge in [-0.2, -0.15) is 0 Å². The van der Waals surface area contributed by atoms with Crippen molar-refractivity contribution in [3.05, 3.63) is 29.8 Å². The smallest absolute Gasteiger partial charge is 0.310 e. The summed E-state index contributed by atoms with van der Waals surface area (Å²) in [6.45, 7) is 10.3. The molecule has 1 aliphatic rings. The lowest BCUT2D eigenvalue weighted by atomic mass is 9.97. The summed E-state index contributed by atoms with van der Waals surface area (Å²) in [6, 6.07) is 7.07. The summed E-state index contributed by atoms with van der Waals surface area (Å²) < 4.78 is 30.3. The fourth-order valence-corrected chi connectivity index (χ4v) is 5.16. The predicted molar refractivity (Wildman–Crippen MR) is 107 cm³/mol. The highest BCUT2D eigenvalue weighted by Gasteiger charge is 2.35. The molecule has 1 aromatic rings. The highest BCUT2D eigenvalue weighted by Crippen LogP contribution is 2.30. The van der Waals surface area contributed by atoms with Crippen LogP contribution in [0.3, 0.4) is 0 Å². The number of piperidine rings is 1. The van der Waals surface area contributed by atoms with Crippen molar-refractivity contribution in [1.82, 2.24) is 4.90 Å². The van der Waals surface area contributed by atoms with Crippen LogP contribution in [0, 0.1) is 12.8 Å².